The summed E-state index contributed by atoms with van der Waals surface area (Å²) in [6, 6.07) is 18.7. The first-order valence-corrected chi connectivity index (χ1v) is 13.6. The molecule has 196 valence electrons. The molecule has 0 aromatic heterocycles. The van der Waals surface area contributed by atoms with Crippen molar-refractivity contribution in [2.45, 2.75) is 37.8 Å². The molecular formula is C27H29ClFN3O4S. The van der Waals surface area contributed by atoms with Crippen LogP contribution in [-0.2, 0) is 26.2 Å². The predicted molar refractivity (Wildman–Crippen MR) is 142 cm³/mol. The maximum Gasteiger partial charge on any atom is 0.264 e. The summed E-state index contributed by atoms with van der Waals surface area (Å²) < 4.78 is 42.7. The van der Waals surface area contributed by atoms with Crippen LogP contribution in [-0.4, -0.2) is 44.3 Å². The molecule has 1 unspecified atom stereocenters. The predicted octanol–water partition coefficient (Wildman–Crippen LogP) is 4.62. The van der Waals surface area contributed by atoms with Gasteiger partial charge in [-0.3, -0.25) is 13.9 Å². The molecule has 0 aliphatic rings. The molecule has 0 saturated carbocycles. The summed E-state index contributed by atoms with van der Waals surface area (Å²) in [6.45, 7) is 3.21. The highest BCUT2D eigenvalue weighted by molar-refractivity contribution is 7.92. The Kier molecular flexibility index (Phi) is 9.66. The zero-order chi connectivity index (χ0) is 27.0. The Labute approximate surface area is 221 Å². The van der Waals surface area contributed by atoms with Crippen LogP contribution in [0, 0.1) is 5.82 Å². The zero-order valence-corrected chi connectivity index (χ0v) is 22.2. The van der Waals surface area contributed by atoms with Crippen LogP contribution in [0.3, 0.4) is 0 Å². The molecule has 10 heteroatoms. The second kappa shape index (κ2) is 12.7. The summed E-state index contributed by atoms with van der Waals surface area (Å²) in [7, 11) is -4.32. The van der Waals surface area contributed by atoms with E-state index in [1.807, 2.05) is 6.92 Å². The van der Waals surface area contributed by atoms with Gasteiger partial charge < -0.3 is 10.2 Å². The molecule has 0 heterocycles. The number of carbonyl (C=O) groups excluding carboxylic acids is 2. The van der Waals surface area contributed by atoms with E-state index >= 15 is 0 Å². The fourth-order valence-electron chi connectivity index (χ4n) is 3.65. The molecule has 0 radical (unpaired) electrons. The van der Waals surface area contributed by atoms with Gasteiger partial charge in [-0.15, -0.1) is 0 Å². The lowest BCUT2D eigenvalue weighted by molar-refractivity contribution is -0.139. The molecule has 7 nitrogen and oxygen atoms in total. The van der Waals surface area contributed by atoms with Crippen LogP contribution in [0.1, 0.15) is 25.8 Å². The van der Waals surface area contributed by atoms with Crippen molar-refractivity contribution in [1.29, 1.82) is 0 Å². The summed E-state index contributed by atoms with van der Waals surface area (Å²) in [5.41, 5.74) is 0.422. The molecule has 3 rings (SSSR count). The third kappa shape index (κ3) is 7.08. The van der Waals surface area contributed by atoms with Gasteiger partial charge in [0.25, 0.3) is 10.0 Å². The number of sulfonamides is 1. The number of benzene rings is 3. The van der Waals surface area contributed by atoms with Crippen LogP contribution in [0.5, 0.6) is 0 Å². The van der Waals surface area contributed by atoms with Crippen LogP contribution in [0.4, 0.5) is 10.1 Å². The van der Waals surface area contributed by atoms with Gasteiger partial charge in [-0.25, -0.2) is 12.8 Å². The minimum absolute atomic E-state index is 0.0210. The topological polar surface area (TPSA) is 86.8 Å². The van der Waals surface area contributed by atoms with Crippen molar-refractivity contribution in [2.75, 3.05) is 17.4 Å². The van der Waals surface area contributed by atoms with Crippen molar-refractivity contribution >= 4 is 39.1 Å². The summed E-state index contributed by atoms with van der Waals surface area (Å²) in [5.74, 6) is -1.85. The highest BCUT2D eigenvalue weighted by Gasteiger charge is 2.33. The first-order chi connectivity index (χ1) is 17.6. The second-order valence-corrected chi connectivity index (χ2v) is 10.7. The Morgan fingerprint density at radius 2 is 1.59 bits per heavy atom. The largest absolute Gasteiger partial charge is 0.354 e. The van der Waals surface area contributed by atoms with Crippen molar-refractivity contribution in [1.82, 2.24) is 10.2 Å². The van der Waals surface area contributed by atoms with Crippen LogP contribution in [0.15, 0.2) is 83.8 Å². The molecular weight excluding hydrogens is 517 g/mol. The maximum atomic E-state index is 14.8. The number of rotatable bonds is 11. The lowest BCUT2D eigenvalue weighted by Crippen LogP contribution is -2.51. The van der Waals surface area contributed by atoms with E-state index in [2.05, 4.69) is 5.32 Å². The number of para-hydroxylation sites is 1. The standard InChI is InChI=1S/C27H29ClFN3O4S/c1-3-17-30-27(34)20(2)31(18-21-13-15-22(28)16-14-21)26(33)19-32(25-12-8-7-11-24(25)29)37(35,36)23-9-5-4-6-10-23/h4-16,20H,3,17-19H2,1-2H3,(H,30,34). The number of nitrogens with zero attached hydrogens (tertiary/aromatic N) is 2. The number of amides is 2. The normalized spacial score (nSPS) is 12.0. The molecule has 0 fully saturated rings. The molecule has 3 aromatic carbocycles. The van der Waals surface area contributed by atoms with Gasteiger partial charge in [-0.2, -0.15) is 0 Å². The van der Waals surface area contributed by atoms with Gasteiger partial charge in [0.15, 0.2) is 0 Å². The van der Waals surface area contributed by atoms with Crippen LogP contribution in [0.25, 0.3) is 0 Å². The lowest BCUT2D eigenvalue weighted by Gasteiger charge is -2.32. The van der Waals surface area contributed by atoms with Crippen molar-refractivity contribution in [3.8, 4) is 0 Å². The Bertz CT molecular complexity index is 1320. The van der Waals surface area contributed by atoms with E-state index in [-0.39, 0.29) is 23.0 Å². The SMILES string of the molecule is CCCNC(=O)C(C)N(Cc1ccc(Cl)cc1)C(=O)CN(c1ccccc1F)S(=O)(=O)c1ccccc1. The van der Waals surface area contributed by atoms with E-state index in [4.69, 9.17) is 11.6 Å². The first-order valence-electron chi connectivity index (χ1n) is 11.8. The van der Waals surface area contributed by atoms with Gasteiger partial charge in [-0.1, -0.05) is 61.0 Å². The number of nitrogens with one attached hydrogen (secondary N) is 1. The fraction of sp³-hybridized carbons (Fsp3) is 0.259. The third-order valence-electron chi connectivity index (χ3n) is 5.71. The summed E-state index contributed by atoms with van der Waals surface area (Å²) in [5, 5.41) is 3.28. The Morgan fingerprint density at radius 3 is 2.22 bits per heavy atom. The average molecular weight is 546 g/mol. The Morgan fingerprint density at radius 1 is 0.973 bits per heavy atom. The Balaban J connectivity index is 2.01. The number of hydrogen-bond acceptors (Lipinski definition) is 4. The molecule has 0 aliphatic carbocycles. The molecule has 2 amide bonds. The van der Waals surface area contributed by atoms with Crippen molar-refractivity contribution in [2.24, 2.45) is 0 Å². The van der Waals surface area contributed by atoms with Crippen LogP contribution in [0.2, 0.25) is 5.02 Å². The maximum absolute atomic E-state index is 14.8. The minimum atomic E-state index is -4.32. The molecule has 0 aliphatic heterocycles. The molecule has 37 heavy (non-hydrogen) atoms. The lowest BCUT2D eigenvalue weighted by atomic mass is 10.1. The zero-order valence-electron chi connectivity index (χ0n) is 20.6. The highest BCUT2D eigenvalue weighted by Crippen LogP contribution is 2.27. The van der Waals surface area contributed by atoms with E-state index in [0.717, 1.165) is 10.4 Å². The number of halogens is 2. The van der Waals surface area contributed by atoms with E-state index < -0.39 is 34.3 Å². The van der Waals surface area contributed by atoms with Crippen molar-refractivity contribution < 1.29 is 22.4 Å². The van der Waals surface area contributed by atoms with Gasteiger partial charge in [0.2, 0.25) is 11.8 Å². The second-order valence-electron chi connectivity index (χ2n) is 8.39. The van der Waals surface area contributed by atoms with Gasteiger partial charge in [0, 0.05) is 18.1 Å². The van der Waals surface area contributed by atoms with Crippen molar-refractivity contribution in [3.05, 3.63) is 95.3 Å². The van der Waals surface area contributed by atoms with Crippen LogP contribution < -0.4 is 9.62 Å². The summed E-state index contributed by atoms with van der Waals surface area (Å²) in [4.78, 5) is 27.7. The van der Waals surface area contributed by atoms with Crippen LogP contribution >= 0.6 is 11.6 Å². The van der Waals surface area contributed by atoms with E-state index in [1.165, 1.54) is 35.2 Å². The molecule has 0 spiro atoms. The number of anilines is 1. The van der Waals surface area contributed by atoms with E-state index in [1.54, 1.807) is 49.4 Å². The molecule has 1 atom stereocenters. The van der Waals surface area contributed by atoms with Gasteiger partial charge in [0.1, 0.15) is 18.4 Å². The van der Waals surface area contributed by atoms with Crippen molar-refractivity contribution in [3.63, 3.8) is 0 Å². The smallest absolute Gasteiger partial charge is 0.264 e. The monoisotopic (exact) mass is 545 g/mol. The molecule has 0 saturated heterocycles. The Hall–Kier alpha value is -3.43. The highest BCUT2D eigenvalue weighted by atomic mass is 35.5. The number of carbonyl (C=O) groups is 2. The van der Waals surface area contributed by atoms with E-state index in [0.29, 0.717) is 23.6 Å². The van der Waals surface area contributed by atoms with E-state index in [9.17, 15) is 22.4 Å². The quantitative estimate of drug-likeness (QED) is 0.381. The molecule has 3 aromatic rings. The van der Waals surface area contributed by atoms with Gasteiger partial charge >= 0.3 is 0 Å². The molecule has 1 N–H and O–H groups in total. The third-order valence-corrected chi connectivity index (χ3v) is 7.74. The number of hydrogen-bond donors (Lipinski definition) is 1. The van der Waals surface area contributed by atoms with Gasteiger partial charge in [-0.05, 0) is 55.3 Å². The fourth-order valence-corrected chi connectivity index (χ4v) is 5.22. The average Bonchev–Trinajstić information content (AvgIpc) is 2.90. The first kappa shape index (κ1) is 28.1. The minimum Gasteiger partial charge on any atom is -0.354 e. The van der Waals surface area contributed by atoms with Gasteiger partial charge in [0.05, 0.1) is 10.6 Å². The summed E-state index contributed by atoms with van der Waals surface area (Å²) in [6.07, 6.45) is 0.708. The molecule has 0 bridgehead atoms. The summed E-state index contributed by atoms with van der Waals surface area (Å²) >= 11 is 5.99.